The van der Waals surface area contributed by atoms with Crippen molar-refractivity contribution in [2.45, 2.75) is 0 Å². The highest BCUT2D eigenvalue weighted by Gasteiger charge is 0.930. The molecule has 0 saturated heterocycles. The summed E-state index contributed by atoms with van der Waals surface area (Å²) < 4.78 is 0. The van der Waals surface area contributed by atoms with Crippen LogP contribution in [0.2, 0.25) is 0 Å². The lowest BCUT2D eigenvalue weighted by atomic mass is 11.8. The van der Waals surface area contributed by atoms with Crippen LogP contribution in [0.25, 0.3) is 0 Å². The average molecular weight is 2380 g/mol. The number of rotatable bonds is 0. The summed E-state index contributed by atoms with van der Waals surface area (Å²) in [5, 5.41) is 315. The highest BCUT2D eigenvalue weighted by molar-refractivity contribution is 3.26. The molecule has 0 rings (SSSR count). The molecule has 1070 valence electrons. The minimum atomic E-state index is 0. The summed E-state index contributed by atoms with van der Waals surface area (Å²) in [6, 6.07) is 0. The second-order valence-electron chi connectivity index (χ2n) is 0. The van der Waals surface area contributed by atoms with Crippen molar-refractivity contribution in [3.63, 3.8) is 0 Å². The number of aliphatic hydroxyl groups excluding tert-OH is 45. The molecule has 0 aromatic rings. The molecule has 0 aliphatic heterocycles. The molecular formula is C45H345N55O45. The van der Waals surface area contributed by atoms with Gasteiger partial charge < -0.3 is 568 Å². The van der Waals surface area contributed by atoms with Gasteiger partial charge in [0.15, 0.2) is 0 Å². The van der Waals surface area contributed by atoms with Crippen molar-refractivity contribution in [2.24, 2.45) is 0 Å². The summed E-state index contributed by atoms with van der Waals surface area (Å²) in [5.74, 6) is 0. The molecule has 100 nitrogen and oxygen atoms in total. The SMILES string of the molecule is CO.CO.CO.CO.CO.CO.CO.CO.CO.CO.CO.CO.CO.CO.CO.CO.CO.CO.CO.CO.CO.CO.CO.CO.CO.CO.CO.CO.CO.CO.CO.CO.CO.CO.CO.CO.CO.CO.CO.CO.CO.CO.CO.CO.CO.N.N.N.N.N.N.N.N.N.N.N.N.N.N.N.N.N.N.N.N.N.N.N.N.N.N.N.N.N.N.N.N.N.N.N.N.N.N.N.N.N.N.N.N.N.N.N.N.N.N.N.N.N.N.N. The molecule has 0 aliphatic carbocycles. The van der Waals surface area contributed by atoms with Gasteiger partial charge in [-0.2, -0.15) is 0 Å². The Kier molecular flexibility index (Phi) is 1920000. The van der Waals surface area contributed by atoms with E-state index in [1.165, 1.54) is 0 Å². The molecule has 145 heavy (non-hydrogen) atoms. The lowest BCUT2D eigenvalue weighted by Crippen LogP contribution is -1.25. The second kappa shape index (κ2) is 169000. The zero-order valence-electron chi connectivity index (χ0n) is 104. The van der Waals surface area contributed by atoms with Crippen LogP contribution in [0.3, 0.4) is 0 Å². The number of hydrogen-bond donors (Lipinski definition) is 100. The average Bonchev–Trinajstić information content (AvgIpc) is 3.79. The van der Waals surface area contributed by atoms with Crippen molar-refractivity contribution in [2.75, 3.05) is 320 Å². The lowest BCUT2D eigenvalue weighted by molar-refractivity contribution is 0.399. The molecule has 100 heteroatoms. The summed E-state index contributed by atoms with van der Waals surface area (Å²) >= 11 is 0. The van der Waals surface area contributed by atoms with Gasteiger partial charge in [-0.05, 0) is 0 Å². The molecule has 0 heterocycles. The first-order valence-corrected chi connectivity index (χ1v) is 20.1. The van der Waals surface area contributed by atoms with E-state index in [0.29, 0.717) is 0 Å². The third-order valence-corrected chi connectivity index (χ3v) is 0. The van der Waals surface area contributed by atoms with Gasteiger partial charge in [-0.25, -0.2) is 0 Å². The monoisotopic (exact) mass is 2380 g/mol. The minimum Gasteiger partial charge on any atom is -0.400 e. The van der Waals surface area contributed by atoms with Crippen molar-refractivity contribution < 1.29 is 230 Å². The normalized spacial score (nSPS) is 1.86. The zero-order chi connectivity index (χ0) is 90.0. The molecule has 0 aliphatic rings. The topological polar surface area (TPSA) is 2840 Å². The van der Waals surface area contributed by atoms with Crippen LogP contribution in [-0.4, -0.2) is 550 Å². The molecule has 0 bridgehead atoms. The Hall–Kier alpha value is -4.00. The van der Waals surface area contributed by atoms with Crippen LogP contribution < -0.4 is 338 Å². The first-order chi connectivity index (χ1) is 45.0. The zero-order valence-corrected chi connectivity index (χ0v) is 104. The third kappa shape index (κ3) is 167000. The fourth-order valence-electron chi connectivity index (χ4n) is 0. The van der Waals surface area contributed by atoms with Crippen LogP contribution in [0.1, 0.15) is 0 Å². The fourth-order valence-corrected chi connectivity index (χ4v) is 0. The van der Waals surface area contributed by atoms with E-state index in [2.05, 4.69) is 0 Å². The van der Waals surface area contributed by atoms with E-state index in [0.717, 1.165) is 320 Å². The minimum absolute atomic E-state index is 0. The van der Waals surface area contributed by atoms with Gasteiger partial charge in [0, 0.05) is 320 Å². The Morgan fingerprint density at radius 1 is 0.0276 bits per heavy atom. The number of aliphatic hydroxyl groups is 45. The fraction of sp³-hybridized carbons (Fsp3) is 1.00. The van der Waals surface area contributed by atoms with Crippen molar-refractivity contribution in [3.05, 3.63) is 0 Å². The van der Waals surface area contributed by atoms with Gasteiger partial charge in [0.05, 0.1) is 0 Å². The maximum Gasteiger partial charge on any atom is 0.0319 e. The summed E-state index contributed by atoms with van der Waals surface area (Å²) in [4.78, 5) is 0. The Bertz CT molecular complexity index is 229. The van der Waals surface area contributed by atoms with Gasteiger partial charge in [0.1, 0.15) is 0 Å². The molecule has 0 aromatic heterocycles. The Balaban J connectivity index is -0.00000000144. The van der Waals surface area contributed by atoms with Gasteiger partial charge >= 0.3 is 0 Å². The van der Waals surface area contributed by atoms with Crippen LogP contribution in [0, 0.1) is 0 Å². The molecule has 0 atom stereocenters. The van der Waals surface area contributed by atoms with Crippen LogP contribution in [0.15, 0.2) is 0 Å². The Labute approximate surface area is 886 Å². The van der Waals surface area contributed by atoms with Crippen molar-refractivity contribution in [1.29, 1.82) is 0 Å². The predicted molar refractivity (Wildman–Crippen MR) is 643 cm³/mol. The maximum atomic E-state index is 7.00. The van der Waals surface area contributed by atoms with Crippen LogP contribution >= 0.6 is 0 Å². The molecule has 0 spiro atoms. The third-order valence-electron chi connectivity index (χ3n) is 0. The van der Waals surface area contributed by atoms with Crippen molar-refractivity contribution >= 4 is 0 Å². The molecule has 210 N–H and O–H groups in total. The van der Waals surface area contributed by atoms with Crippen LogP contribution in [0.5, 0.6) is 0 Å². The largest absolute Gasteiger partial charge is 0.400 e. The molecule has 0 saturated carbocycles. The molecule has 0 radical (unpaired) electrons. The van der Waals surface area contributed by atoms with Gasteiger partial charge in [-0.1, -0.05) is 0 Å². The lowest BCUT2D eigenvalue weighted by Gasteiger charge is -1.21. The Morgan fingerprint density at radius 3 is 0.0276 bits per heavy atom. The van der Waals surface area contributed by atoms with Crippen LogP contribution in [-0.2, 0) is 0 Å². The summed E-state index contributed by atoms with van der Waals surface area (Å²) in [7, 11) is 45.0. The first-order valence-electron chi connectivity index (χ1n) is 20.1. The van der Waals surface area contributed by atoms with E-state index in [4.69, 9.17) is 230 Å². The van der Waals surface area contributed by atoms with E-state index >= 15 is 0 Å². The summed E-state index contributed by atoms with van der Waals surface area (Å²) in [6.45, 7) is 0. The maximum absolute atomic E-state index is 7.00. The predicted octanol–water partition coefficient (Wildman–Crippen LogP) is -8.71. The Morgan fingerprint density at radius 2 is 0.0276 bits per heavy atom. The smallest absolute Gasteiger partial charge is 0.0319 e. The van der Waals surface area contributed by atoms with Gasteiger partial charge in [0.25, 0.3) is 0 Å². The second-order valence-corrected chi connectivity index (χ2v) is 0. The number of hydrogen-bond acceptors (Lipinski definition) is 100. The van der Waals surface area contributed by atoms with E-state index in [1.54, 1.807) is 0 Å². The van der Waals surface area contributed by atoms with E-state index < -0.39 is 0 Å². The van der Waals surface area contributed by atoms with E-state index in [1.807, 2.05) is 0 Å². The van der Waals surface area contributed by atoms with E-state index in [9.17, 15) is 0 Å². The van der Waals surface area contributed by atoms with Gasteiger partial charge in [-0.15, -0.1) is 0 Å². The standard InChI is InChI=1S/45CH4O.55H3N/c45*1-2;;;;;;;;;;;;;;;;;;;;;;;;;;;;;;;;;;;;;;;;;;;;;;;;;;;;;;;/h45*2H,1H3;55*1H3. The molecular weight excluding hydrogens is 2030 g/mol. The quantitative estimate of drug-likeness (QED) is 0.107. The van der Waals surface area contributed by atoms with Crippen LogP contribution in [0.4, 0.5) is 0 Å². The molecule has 0 aromatic carbocycles. The summed E-state index contributed by atoms with van der Waals surface area (Å²) in [6.07, 6.45) is 0. The molecule has 0 unspecified atom stereocenters. The highest BCUT2D eigenvalue weighted by Crippen LogP contribution is 0.846. The van der Waals surface area contributed by atoms with Crippen molar-refractivity contribution in [1.82, 2.24) is 338 Å². The van der Waals surface area contributed by atoms with E-state index in [-0.39, 0.29) is 338 Å². The molecule has 0 amide bonds. The van der Waals surface area contributed by atoms with Crippen molar-refractivity contribution in [3.8, 4) is 0 Å². The summed E-state index contributed by atoms with van der Waals surface area (Å²) in [5.41, 5.74) is 0. The first kappa shape index (κ1) is 1640. The molecule has 0 fully saturated rings. The van der Waals surface area contributed by atoms with Gasteiger partial charge in [0.2, 0.25) is 0 Å². The highest BCUT2D eigenvalue weighted by atomic mass is 16.3. The van der Waals surface area contributed by atoms with Gasteiger partial charge in [-0.3, -0.25) is 0 Å².